The van der Waals surface area contributed by atoms with Crippen LogP contribution in [0.25, 0.3) is 0 Å². The minimum absolute atomic E-state index is 0.547. The van der Waals surface area contributed by atoms with E-state index in [2.05, 4.69) is 5.32 Å². The molecule has 1 N–H and O–H groups in total. The molecule has 76 valence electrons. The minimum Gasteiger partial charge on any atom is -0.488 e. The van der Waals surface area contributed by atoms with Gasteiger partial charge in [-0.2, -0.15) is 0 Å². The van der Waals surface area contributed by atoms with Gasteiger partial charge in [-0.1, -0.05) is 35.9 Å². The van der Waals surface area contributed by atoms with Gasteiger partial charge in [0, 0.05) is 6.54 Å². The zero-order valence-corrected chi connectivity index (χ0v) is 8.92. The molecule has 0 amide bonds. The monoisotopic (exact) mass is 211 g/mol. The molecular formula is C11H14ClNO. The molecule has 0 aromatic heterocycles. The van der Waals surface area contributed by atoms with Gasteiger partial charge in [0.25, 0.3) is 0 Å². The van der Waals surface area contributed by atoms with Crippen LogP contribution in [0.1, 0.15) is 0 Å². The van der Waals surface area contributed by atoms with Gasteiger partial charge in [0.1, 0.15) is 12.4 Å². The zero-order valence-electron chi connectivity index (χ0n) is 8.16. The standard InChI is InChI=1S/C11H14ClNO/c1-13-8-4-5-9-14-11-7-3-2-6-10(11)12/h2-7,13H,8-9H2,1H3/b5-4+. The van der Waals surface area contributed by atoms with Gasteiger partial charge in [-0.05, 0) is 19.2 Å². The SMILES string of the molecule is CNC/C=C/COc1ccccc1Cl. The van der Waals surface area contributed by atoms with Crippen LogP contribution in [-0.4, -0.2) is 20.2 Å². The molecule has 3 heteroatoms. The molecule has 0 atom stereocenters. The number of hydrogen-bond acceptors (Lipinski definition) is 2. The lowest BCUT2D eigenvalue weighted by molar-refractivity contribution is 0.363. The average molecular weight is 212 g/mol. The van der Waals surface area contributed by atoms with Gasteiger partial charge in [0.2, 0.25) is 0 Å². The lowest BCUT2D eigenvalue weighted by Crippen LogP contribution is -2.04. The summed E-state index contributed by atoms with van der Waals surface area (Å²) in [5.74, 6) is 0.725. The van der Waals surface area contributed by atoms with Crippen molar-refractivity contribution in [3.63, 3.8) is 0 Å². The van der Waals surface area contributed by atoms with Crippen LogP contribution in [0.3, 0.4) is 0 Å². The van der Waals surface area contributed by atoms with Gasteiger partial charge in [-0.3, -0.25) is 0 Å². The Labute approximate surface area is 89.5 Å². The highest BCUT2D eigenvalue weighted by Crippen LogP contribution is 2.22. The smallest absolute Gasteiger partial charge is 0.138 e. The molecule has 0 spiro atoms. The first-order valence-electron chi connectivity index (χ1n) is 4.51. The molecule has 0 radical (unpaired) electrons. The van der Waals surface area contributed by atoms with Gasteiger partial charge in [0.15, 0.2) is 0 Å². The highest BCUT2D eigenvalue weighted by molar-refractivity contribution is 6.32. The second kappa shape index (κ2) is 6.46. The summed E-state index contributed by atoms with van der Waals surface area (Å²) in [6.07, 6.45) is 3.97. The van der Waals surface area contributed by atoms with E-state index in [0.29, 0.717) is 11.6 Å². The van der Waals surface area contributed by atoms with E-state index in [1.165, 1.54) is 0 Å². The van der Waals surface area contributed by atoms with Crippen molar-refractivity contribution in [2.45, 2.75) is 0 Å². The molecule has 0 unspecified atom stereocenters. The van der Waals surface area contributed by atoms with Crippen LogP contribution in [0.5, 0.6) is 5.75 Å². The van der Waals surface area contributed by atoms with Crippen LogP contribution in [0.2, 0.25) is 5.02 Å². The van der Waals surface area contributed by atoms with Crippen molar-refractivity contribution in [1.82, 2.24) is 5.32 Å². The maximum absolute atomic E-state index is 5.90. The third-order valence-corrected chi connectivity index (χ3v) is 1.97. The molecule has 0 aliphatic carbocycles. The molecule has 0 heterocycles. The van der Waals surface area contributed by atoms with E-state index in [4.69, 9.17) is 16.3 Å². The Hall–Kier alpha value is -0.990. The second-order valence-corrected chi connectivity index (χ2v) is 3.18. The number of benzene rings is 1. The van der Waals surface area contributed by atoms with Crippen LogP contribution >= 0.6 is 11.6 Å². The Morgan fingerprint density at radius 3 is 2.86 bits per heavy atom. The number of halogens is 1. The predicted molar refractivity (Wildman–Crippen MR) is 60.0 cm³/mol. The van der Waals surface area contributed by atoms with E-state index >= 15 is 0 Å². The summed E-state index contributed by atoms with van der Waals surface area (Å²) in [7, 11) is 1.90. The highest BCUT2D eigenvalue weighted by atomic mass is 35.5. The van der Waals surface area contributed by atoms with Crippen molar-refractivity contribution in [2.24, 2.45) is 0 Å². The molecule has 0 aliphatic heterocycles. The number of nitrogens with one attached hydrogen (secondary N) is 1. The molecule has 0 bridgehead atoms. The molecule has 1 aromatic carbocycles. The summed E-state index contributed by atoms with van der Waals surface area (Å²) < 4.78 is 5.44. The van der Waals surface area contributed by atoms with E-state index in [1.54, 1.807) is 0 Å². The van der Waals surface area contributed by atoms with Crippen molar-refractivity contribution in [3.05, 3.63) is 41.4 Å². The Bertz CT molecular complexity index is 299. The Morgan fingerprint density at radius 2 is 2.14 bits per heavy atom. The molecule has 2 nitrogen and oxygen atoms in total. The van der Waals surface area contributed by atoms with E-state index < -0.39 is 0 Å². The topological polar surface area (TPSA) is 21.3 Å². The van der Waals surface area contributed by atoms with Crippen molar-refractivity contribution in [3.8, 4) is 5.75 Å². The average Bonchev–Trinajstić information content (AvgIpc) is 2.20. The van der Waals surface area contributed by atoms with Crippen LogP contribution in [0.15, 0.2) is 36.4 Å². The van der Waals surface area contributed by atoms with E-state index in [-0.39, 0.29) is 0 Å². The number of likely N-dealkylation sites (N-methyl/N-ethyl adjacent to an activating group) is 1. The van der Waals surface area contributed by atoms with Crippen molar-refractivity contribution in [2.75, 3.05) is 20.2 Å². The third-order valence-electron chi connectivity index (χ3n) is 1.66. The van der Waals surface area contributed by atoms with Crippen molar-refractivity contribution in [1.29, 1.82) is 0 Å². The molecular weight excluding hydrogens is 198 g/mol. The lowest BCUT2D eigenvalue weighted by atomic mass is 10.3. The Morgan fingerprint density at radius 1 is 1.36 bits per heavy atom. The van der Waals surface area contributed by atoms with Gasteiger partial charge in [-0.15, -0.1) is 0 Å². The molecule has 14 heavy (non-hydrogen) atoms. The number of ether oxygens (including phenoxy) is 1. The summed E-state index contributed by atoms with van der Waals surface area (Å²) in [6, 6.07) is 7.45. The summed E-state index contributed by atoms with van der Waals surface area (Å²) in [5, 5.41) is 3.66. The third kappa shape index (κ3) is 3.81. The van der Waals surface area contributed by atoms with Crippen LogP contribution in [0, 0.1) is 0 Å². The number of hydrogen-bond donors (Lipinski definition) is 1. The zero-order chi connectivity index (χ0) is 10.2. The fraction of sp³-hybridized carbons (Fsp3) is 0.273. The predicted octanol–water partition coefficient (Wildman–Crippen LogP) is 2.49. The van der Waals surface area contributed by atoms with Gasteiger partial charge >= 0.3 is 0 Å². The fourth-order valence-electron chi connectivity index (χ4n) is 0.969. The largest absolute Gasteiger partial charge is 0.488 e. The van der Waals surface area contributed by atoms with Crippen LogP contribution in [-0.2, 0) is 0 Å². The van der Waals surface area contributed by atoms with Crippen molar-refractivity contribution >= 4 is 11.6 Å². The first kappa shape index (κ1) is 11.1. The molecule has 0 saturated carbocycles. The Kier molecular flexibility index (Phi) is 5.12. The summed E-state index contributed by atoms with van der Waals surface area (Å²) in [4.78, 5) is 0. The summed E-state index contributed by atoms with van der Waals surface area (Å²) in [5.41, 5.74) is 0. The maximum atomic E-state index is 5.90. The Balaban J connectivity index is 2.35. The first-order chi connectivity index (χ1) is 6.84. The molecule has 0 fully saturated rings. The molecule has 1 aromatic rings. The minimum atomic E-state index is 0.547. The van der Waals surface area contributed by atoms with E-state index in [0.717, 1.165) is 12.3 Å². The normalized spacial score (nSPS) is 10.7. The van der Waals surface area contributed by atoms with E-state index in [9.17, 15) is 0 Å². The summed E-state index contributed by atoms with van der Waals surface area (Å²) in [6.45, 7) is 1.40. The molecule has 0 saturated heterocycles. The van der Waals surface area contributed by atoms with E-state index in [1.807, 2.05) is 43.5 Å². The second-order valence-electron chi connectivity index (χ2n) is 2.77. The molecule has 0 aliphatic rings. The van der Waals surface area contributed by atoms with Crippen LogP contribution < -0.4 is 10.1 Å². The van der Waals surface area contributed by atoms with Gasteiger partial charge in [0.05, 0.1) is 5.02 Å². The number of para-hydroxylation sites is 1. The van der Waals surface area contributed by atoms with Crippen molar-refractivity contribution < 1.29 is 4.74 Å². The fourth-order valence-corrected chi connectivity index (χ4v) is 1.16. The highest BCUT2D eigenvalue weighted by Gasteiger charge is 1.96. The van der Waals surface area contributed by atoms with Crippen LogP contribution in [0.4, 0.5) is 0 Å². The first-order valence-corrected chi connectivity index (χ1v) is 4.89. The van der Waals surface area contributed by atoms with Gasteiger partial charge < -0.3 is 10.1 Å². The summed E-state index contributed by atoms with van der Waals surface area (Å²) >= 11 is 5.90. The quantitative estimate of drug-likeness (QED) is 0.756. The number of rotatable bonds is 5. The lowest BCUT2D eigenvalue weighted by Gasteiger charge is -2.04. The maximum Gasteiger partial charge on any atom is 0.138 e. The molecule has 1 rings (SSSR count). The van der Waals surface area contributed by atoms with Gasteiger partial charge in [-0.25, -0.2) is 0 Å².